The molecule has 0 aliphatic carbocycles. The van der Waals surface area contributed by atoms with Gasteiger partial charge in [0.05, 0.1) is 17.6 Å². The van der Waals surface area contributed by atoms with Gasteiger partial charge in [0, 0.05) is 24.5 Å². The highest BCUT2D eigenvalue weighted by Crippen LogP contribution is 2.29. The van der Waals surface area contributed by atoms with Crippen molar-refractivity contribution in [3.05, 3.63) is 109 Å². The Morgan fingerprint density at radius 1 is 0.872 bits per heavy atom. The quantitative estimate of drug-likeness (QED) is 0.197. The maximum atomic E-state index is 13.9. The van der Waals surface area contributed by atoms with Crippen molar-refractivity contribution >= 4 is 11.0 Å². The molecule has 6 heteroatoms. The van der Waals surface area contributed by atoms with E-state index in [1.807, 2.05) is 47.0 Å². The summed E-state index contributed by atoms with van der Waals surface area (Å²) in [6.45, 7) is 4.11. The highest BCUT2D eigenvalue weighted by Gasteiger charge is 2.19. The molecule has 0 radical (unpaired) electrons. The fourth-order valence-electron chi connectivity index (χ4n) is 5.51. The zero-order valence-corrected chi connectivity index (χ0v) is 22.0. The number of likely N-dealkylation sites (tertiary alicyclic amines) is 1. The van der Waals surface area contributed by atoms with E-state index in [9.17, 15) is 4.39 Å². The van der Waals surface area contributed by atoms with Gasteiger partial charge in [0.25, 0.3) is 0 Å². The van der Waals surface area contributed by atoms with Crippen LogP contribution in [0, 0.1) is 11.7 Å². The monoisotopic (exact) mass is 520 g/mol. The van der Waals surface area contributed by atoms with Crippen LogP contribution in [0.2, 0.25) is 0 Å². The van der Waals surface area contributed by atoms with Crippen molar-refractivity contribution in [1.82, 2.24) is 19.4 Å². The molecule has 5 aromatic rings. The first-order valence-electron chi connectivity index (χ1n) is 13.8. The Balaban J connectivity index is 1.04. The molecule has 1 fully saturated rings. The molecule has 0 bridgehead atoms. The molecule has 0 atom stereocenters. The predicted octanol–water partition coefficient (Wildman–Crippen LogP) is 6.95. The zero-order valence-electron chi connectivity index (χ0n) is 22.0. The van der Waals surface area contributed by atoms with E-state index in [0.29, 0.717) is 17.9 Å². The van der Waals surface area contributed by atoms with Gasteiger partial charge in [0.1, 0.15) is 17.3 Å². The van der Waals surface area contributed by atoms with Crippen LogP contribution in [-0.2, 0) is 6.42 Å². The fourth-order valence-corrected chi connectivity index (χ4v) is 5.51. The molecule has 3 aromatic carbocycles. The number of imidazole rings is 1. The summed E-state index contributed by atoms with van der Waals surface area (Å²) in [5.41, 5.74) is 4.55. The summed E-state index contributed by atoms with van der Waals surface area (Å²) in [4.78, 5) is 11.7. The van der Waals surface area contributed by atoms with Crippen LogP contribution in [-0.4, -0.2) is 45.7 Å². The van der Waals surface area contributed by atoms with Crippen LogP contribution in [0.25, 0.3) is 28.2 Å². The van der Waals surface area contributed by atoms with E-state index in [1.54, 1.807) is 12.3 Å². The molecule has 6 rings (SSSR count). The molecule has 1 saturated heterocycles. The Morgan fingerprint density at radius 3 is 2.44 bits per heavy atom. The van der Waals surface area contributed by atoms with Crippen LogP contribution in [0.4, 0.5) is 4.39 Å². The largest absolute Gasteiger partial charge is 0.494 e. The lowest BCUT2D eigenvalue weighted by molar-refractivity contribution is 0.170. The van der Waals surface area contributed by atoms with Crippen molar-refractivity contribution in [3.63, 3.8) is 0 Å². The molecule has 5 nitrogen and oxygen atoms in total. The third-order valence-corrected chi connectivity index (χ3v) is 7.57. The Hall–Kier alpha value is -4.03. The second-order valence-electron chi connectivity index (χ2n) is 10.3. The van der Waals surface area contributed by atoms with Crippen LogP contribution in [0.15, 0.2) is 97.2 Å². The number of nitrogens with zero attached hydrogens (tertiary/aromatic N) is 4. The standard InChI is InChI=1S/C33H33FN4O/c34-27-10-15-32-31(24-27)36-33(30-9-4-5-18-35-30)38(32)28-11-13-29(14-12-28)39-22-6-19-37-20-16-26(17-21-37)23-25-7-2-1-3-8-25/h1-5,7-15,18,24,26H,6,16-17,19-23H2. The first-order chi connectivity index (χ1) is 19.2. The number of fused-ring (bicyclic) bond motifs is 1. The molecule has 198 valence electrons. The number of halogens is 1. The summed E-state index contributed by atoms with van der Waals surface area (Å²) in [7, 11) is 0. The van der Waals surface area contributed by atoms with E-state index >= 15 is 0 Å². The number of hydrogen-bond donors (Lipinski definition) is 0. The summed E-state index contributed by atoms with van der Waals surface area (Å²) >= 11 is 0. The summed E-state index contributed by atoms with van der Waals surface area (Å²) in [5.74, 6) is 2.01. The highest BCUT2D eigenvalue weighted by atomic mass is 19.1. The van der Waals surface area contributed by atoms with Crippen LogP contribution < -0.4 is 4.74 Å². The van der Waals surface area contributed by atoms with Gasteiger partial charge in [-0.05, 0) is 98.8 Å². The average Bonchev–Trinajstić information content (AvgIpc) is 3.36. The van der Waals surface area contributed by atoms with Crippen molar-refractivity contribution in [2.45, 2.75) is 25.7 Å². The predicted molar refractivity (Wildman–Crippen MR) is 154 cm³/mol. The van der Waals surface area contributed by atoms with Crippen molar-refractivity contribution < 1.29 is 9.13 Å². The Kier molecular flexibility index (Phi) is 7.63. The lowest BCUT2D eigenvalue weighted by Gasteiger charge is -2.32. The van der Waals surface area contributed by atoms with Gasteiger partial charge >= 0.3 is 0 Å². The molecule has 0 amide bonds. The zero-order chi connectivity index (χ0) is 26.4. The summed E-state index contributed by atoms with van der Waals surface area (Å²) < 4.78 is 22.0. The normalized spacial score (nSPS) is 14.6. The van der Waals surface area contributed by atoms with Gasteiger partial charge in [-0.3, -0.25) is 9.55 Å². The molecule has 3 heterocycles. The van der Waals surface area contributed by atoms with Gasteiger partial charge in [-0.25, -0.2) is 9.37 Å². The third-order valence-electron chi connectivity index (χ3n) is 7.57. The Labute approximate surface area is 228 Å². The summed E-state index contributed by atoms with van der Waals surface area (Å²) in [5, 5.41) is 0. The SMILES string of the molecule is Fc1ccc2c(c1)nc(-c1ccccn1)n2-c1ccc(OCCCN2CCC(Cc3ccccc3)CC2)cc1. The van der Waals surface area contributed by atoms with Crippen LogP contribution >= 0.6 is 0 Å². The number of benzene rings is 3. The van der Waals surface area contributed by atoms with Gasteiger partial charge in [0.2, 0.25) is 0 Å². The number of aromatic nitrogens is 3. The molecular formula is C33H33FN4O. The van der Waals surface area contributed by atoms with Crippen LogP contribution in [0.1, 0.15) is 24.8 Å². The Morgan fingerprint density at radius 2 is 1.67 bits per heavy atom. The van der Waals surface area contributed by atoms with E-state index in [-0.39, 0.29) is 5.82 Å². The molecular weight excluding hydrogens is 487 g/mol. The fraction of sp³-hybridized carbons (Fsp3) is 0.273. The Bertz CT molecular complexity index is 1490. The minimum atomic E-state index is -0.306. The highest BCUT2D eigenvalue weighted by molar-refractivity contribution is 5.82. The lowest BCUT2D eigenvalue weighted by Crippen LogP contribution is -2.35. The second-order valence-corrected chi connectivity index (χ2v) is 10.3. The molecule has 39 heavy (non-hydrogen) atoms. The molecule has 1 aliphatic rings. The number of pyridine rings is 1. The van der Waals surface area contributed by atoms with Gasteiger partial charge < -0.3 is 9.64 Å². The first kappa shape index (κ1) is 25.3. The number of ether oxygens (including phenoxy) is 1. The van der Waals surface area contributed by atoms with E-state index in [1.165, 1.54) is 50.0 Å². The average molecular weight is 521 g/mol. The molecule has 1 aliphatic heterocycles. The minimum absolute atomic E-state index is 0.306. The van der Waals surface area contributed by atoms with Gasteiger partial charge in [-0.15, -0.1) is 0 Å². The van der Waals surface area contributed by atoms with E-state index in [0.717, 1.165) is 41.5 Å². The van der Waals surface area contributed by atoms with E-state index < -0.39 is 0 Å². The van der Waals surface area contributed by atoms with Crippen molar-refractivity contribution in [3.8, 4) is 23.0 Å². The topological polar surface area (TPSA) is 43.2 Å². The molecule has 0 unspecified atom stereocenters. The van der Waals surface area contributed by atoms with Gasteiger partial charge in [-0.2, -0.15) is 0 Å². The molecule has 0 N–H and O–H groups in total. The van der Waals surface area contributed by atoms with Crippen molar-refractivity contribution in [2.24, 2.45) is 5.92 Å². The molecule has 0 saturated carbocycles. The van der Waals surface area contributed by atoms with E-state index in [4.69, 9.17) is 9.72 Å². The minimum Gasteiger partial charge on any atom is -0.494 e. The second kappa shape index (κ2) is 11.8. The molecule has 2 aromatic heterocycles. The third kappa shape index (κ3) is 6.02. The summed E-state index contributed by atoms with van der Waals surface area (Å²) in [6.07, 6.45) is 6.49. The number of hydrogen-bond acceptors (Lipinski definition) is 4. The summed E-state index contributed by atoms with van der Waals surface area (Å²) in [6, 6.07) is 29.3. The smallest absolute Gasteiger partial charge is 0.164 e. The number of piperidine rings is 1. The van der Waals surface area contributed by atoms with Crippen LogP contribution in [0.3, 0.4) is 0 Å². The maximum absolute atomic E-state index is 13.9. The first-order valence-corrected chi connectivity index (χ1v) is 13.8. The van der Waals surface area contributed by atoms with Crippen LogP contribution in [0.5, 0.6) is 5.75 Å². The van der Waals surface area contributed by atoms with Crippen molar-refractivity contribution in [1.29, 1.82) is 0 Å². The van der Waals surface area contributed by atoms with E-state index in [2.05, 4.69) is 40.2 Å². The van der Waals surface area contributed by atoms with Gasteiger partial charge in [0.15, 0.2) is 5.82 Å². The number of rotatable bonds is 9. The molecule has 0 spiro atoms. The maximum Gasteiger partial charge on any atom is 0.164 e. The van der Waals surface area contributed by atoms with Gasteiger partial charge in [-0.1, -0.05) is 36.4 Å². The lowest BCUT2D eigenvalue weighted by atomic mass is 9.90. The van der Waals surface area contributed by atoms with Crippen molar-refractivity contribution in [2.75, 3.05) is 26.2 Å².